The third kappa shape index (κ3) is 4.97. The standard InChI is InChI=1S/C27H29FN6O5S/c1-4-5-13-39-21(18-14-17(28)8-9-20(18)38-3)15-32-26-22(16(2)25(40-26)34-30-11-12-31-34)24(36)33(27(32)37)19-7-6-10-29-23(19)35/h4,8-9,11-12,14,19,21H,1,5-7,10,13,15H2,2-3H3,(H,29,35)/t19?,21-/m0/s1. The van der Waals surface area contributed by atoms with Crippen molar-refractivity contribution in [3.05, 3.63) is 81.0 Å². The highest BCUT2D eigenvalue weighted by molar-refractivity contribution is 7.21. The molecule has 0 aliphatic carbocycles. The van der Waals surface area contributed by atoms with Crippen LogP contribution in [0.2, 0.25) is 0 Å². The van der Waals surface area contributed by atoms with Gasteiger partial charge in [0, 0.05) is 17.7 Å². The zero-order chi connectivity index (χ0) is 28.4. The topological polar surface area (TPSA) is 122 Å². The number of carbonyl (C=O) groups excluding carboxylic acids is 1. The largest absolute Gasteiger partial charge is 0.496 e. The second kappa shape index (κ2) is 11.6. The minimum absolute atomic E-state index is 0.0765. The first-order valence-corrected chi connectivity index (χ1v) is 13.7. The fraction of sp³-hybridized carbons (Fsp3) is 0.370. The SMILES string of the molecule is C=CCCO[C@@H](Cn1c(=O)n(C2CCCNC2=O)c(=O)c2c(C)c(-n3nccn3)sc21)c1cc(F)ccc1OC. The van der Waals surface area contributed by atoms with E-state index >= 15 is 0 Å². The average molecular weight is 569 g/mol. The molecular formula is C27H29FN6O5S. The fourth-order valence-electron chi connectivity index (χ4n) is 4.96. The maximum atomic E-state index is 14.4. The van der Waals surface area contributed by atoms with E-state index in [4.69, 9.17) is 9.47 Å². The summed E-state index contributed by atoms with van der Waals surface area (Å²) in [5.41, 5.74) is -0.235. The van der Waals surface area contributed by atoms with Crippen LogP contribution in [0.25, 0.3) is 15.2 Å². The molecule has 11 nitrogen and oxygen atoms in total. The van der Waals surface area contributed by atoms with Gasteiger partial charge in [-0.2, -0.15) is 10.2 Å². The molecular weight excluding hydrogens is 539 g/mol. The molecule has 0 spiro atoms. The lowest BCUT2D eigenvalue weighted by Gasteiger charge is -2.26. The molecule has 210 valence electrons. The molecule has 40 heavy (non-hydrogen) atoms. The first-order valence-electron chi connectivity index (χ1n) is 12.8. The zero-order valence-electron chi connectivity index (χ0n) is 22.1. The van der Waals surface area contributed by atoms with E-state index in [9.17, 15) is 18.8 Å². The van der Waals surface area contributed by atoms with E-state index in [-0.39, 0.29) is 24.4 Å². The van der Waals surface area contributed by atoms with Crippen LogP contribution < -0.4 is 21.3 Å². The highest BCUT2D eigenvalue weighted by Crippen LogP contribution is 2.34. The highest BCUT2D eigenvalue weighted by atomic mass is 32.1. The molecule has 1 aromatic carbocycles. The van der Waals surface area contributed by atoms with Gasteiger partial charge in [0.1, 0.15) is 33.5 Å². The number of nitrogens with zero attached hydrogens (tertiary/aromatic N) is 5. The van der Waals surface area contributed by atoms with Gasteiger partial charge in [0.25, 0.3) is 5.56 Å². The number of hydrogen-bond donors (Lipinski definition) is 1. The van der Waals surface area contributed by atoms with Crippen LogP contribution in [-0.4, -0.2) is 50.3 Å². The summed E-state index contributed by atoms with van der Waals surface area (Å²) in [6.45, 7) is 6.14. The van der Waals surface area contributed by atoms with Crippen molar-refractivity contribution in [3.8, 4) is 10.8 Å². The molecule has 2 atom stereocenters. The van der Waals surface area contributed by atoms with Crippen molar-refractivity contribution >= 4 is 27.5 Å². The predicted octanol–water partition coefficient (Wildman–Crippen LogP) is 3.05. The molecule has 0 saturated carbocycles. The second-order valence-corrected chi connectivity index (χ2v) is 10.3. The molecule has 1 fully saturated rings. The lowest BCUT2D eigenvalue weighted by atomic mass is 10.1. The molecule has 1 aliphatic rings. The van der Waals surface area contributed by atoms with E-state index in [1.165, 1.54) is 58.4 Å². The van der Waals surface area contributed by atoms with Gasteiger partial charge in [-0.15, -0.1) is 11.4 Å². The number of methoxy groups -OCH3 is 1. The number of piperidine rings is 1. The molecule has 1 N–H and O–H groups in total. The van der Waals surface area contributed by atoms with Gasteiger partial charge >= 0.3 is 5.69 Å². The molecule has 13 heteroatoms. The van der Waals surface area contributed by atoms with Crippen LogP contribution in [0.4, 0.5) is 4.39 Å². The van der Waals surface area contributed by atoms with Crippen molar-refractivity contribution in [1.29, 1.82) is 0 Å². The van der Waals surface area contributed by atoms with Crippen LogP contribution in [0.3, 0.4) is 0 Å². The highest BCUT2D eigenvalue weighted by Gasteiger charge is 2.31. The van der Waals surface area contributed by atoms with Crippen LogP contribution in [0.5, 0.6) is 5.75 Å². The smallest absolute Gasteiger partial charge is 0.332 e. The molecule has 0 bridgehead atoms. The van der Waals surface area contributed by atoms with Gasteiger partial charge in [0.05, 0.1) is 38.0 Å². The van der Waals surface area contributed by atoms with Crippen LogP contribution in [0.1, 0.15) is 42.5 Å². The van der Waals surface area contributed by atoms with Gasteiger partial charge in [-0.25, -0.2) is 13.8 Å². The molecule has 3 aromatic heterocycles. The van der Waals surface area contributed by atoms with Crippen molar-refractivity contribution < 1.29 is 18.7 Å². The summed E-state index contributed by atoms with van der Waals surface area (Å²) in [5.74, 6) is -0.490. The molecule has 4 aromatic rings. The number of halogens is 1. The quantitative estimate of drug-likeness (QED) is 0.231. The molecule has 5 rings (SSSR count). The maximum Gasteiger partial charge on any atom is 0.332 e. The van der Waals surface area contributed by atoms with Gasteiger partial charge < -0.3 is 14.8 Å². The van der Waals surface area contributed by atoms with Crippen molar-refractivity contribution in [1.82, 2.24) is 29.4 Å². The van der Waals surface area contributed by atoms with Crippen molar-refractivity contribution in [2.75, 3.05) is 20.3 Å². The Hall–Kier alpha value is -4.10. The van der Waals surface area contributed by atoms with E-state index in [2.05, 4.69) is 22.1 Å². The first kappa shape index (κ1) is 27.5. The molecule has 4 heterocycles. The van der Waals surface area contributed by atoms with Gasteiger partial charge in [0.15, 0.2) is 0 Å². The Morgan fingerprint density at radius 3 is 2.75 bits per heavy atom. The van der Waals surface area contributed by atoms with Crippen LogP contribution in [-0.2, 0) is 16.1 Å². The van der Waals surface area contributed by atoms with E-state index in [1.54, 1.807) is 13.0 Å². The number of thiophene rings is 1. The third-order valence-corrected chi connectivity index (χ3v) is 8.19. The lowest BCUT2D eigenvalue weighted by Crippen LogP contribution is -2.49. The number of amides is 1. The summed E-state index contributed by atoms with van der Waals surface area (Å²) in [7, 11) is 1.47. The summed E-state index contributed by atoms with van der Waals surface area (Å²) in [5, 5.41) is 12.0. The fourth-order valence-corrected chi connectivity index (χ4v) is 6.18. The second-order valence-electron chi connectivity index (χ2n) is 9.37. The van der Waals surface area contributed by atoms with Gasteiger partial charge in [-0.1, -0.05) is 17.4 Å². The van der Waals surface area contributed by atoms with E-state index in [0.29, 0.717) is 52.5 Å². The number of carbonyl (C=O) groups is 1. The van der Waals surface area contributed by atoms with E-state index in [0.717, 1.165) is 4.57 Å². The molecule has 1 aliphatic heterocycles. The monoisotopic (exact) mass is 568 g/mol. The van der Waals surface area contributed by atoms with Crippen LogP contribution in [0.15, 0.2) is 52.8 Å². The summed E-state index contributed by atoms with van der Waals surface area (Å²) in [6, 6.07) is 3.13. The number of hydrogen-bond acceptors (Lipinski definition) is 8. The average Bonchev–Trinajstić information content (AvgIpc) is 3.59. The van der Waals surface area contributed by atoms with Gasteiger partial charge in [-0.05, 0) is 44.4 Å². The number of rotatable bonds is 10. The number of ether oxygens (including phenoxy) is 2. The number of nitrogens with one attached hydrogen (secondary N) is 1. The third-order valence-electron chi connectivity index (χ3n) is 6.91. The minimum Gasteiger partial charge on any atom is -0.496 e. The molecule has 1 unspecified atom stereocenters. The normalized spacial score (nSPS) is 16.2. The van der Waals surface area contributed by atoms with Crippen molar-refractivity contribution in [2.24, 2.45) is 0 Å². The Labute approximate surface area is 232 Å². The van der Waals surface area contributed by atoms with Crippen molar-refractivity contribution in [3.63, 3.8) is 0 Å². The maximum absolute atomic E-state index is 14.4. The van der Waals surface area contributed by atoms with Gasteiger partial charge in [-0.3, -0.25) is 14.2 Å². The zero-order valence-corrected chi connectivity index (χ0v) is 22.9. The van der Waals surface area contributed by atoms with Gasteiger partial charge in [0.2, 0.25) is 5.91 Å². The summed E-state index contributed by atoms with van der Waals surface area (Å²) in [6.07, 6.45) is 5.39. The van der Waals surface area contributed by atoms with E-state index in [1.807, 2.05) is 0 Å². The Balaban J connectivity index is 1.75. The summed E-state index contributed by atoms with van der Waals surface area (Å²) < 4.78 is 28.5. The Morgan fingerprint density at radius 2 is 2.05 bits per heavy atom. The summed E-state index contributed by atoms with van der Waals surface area (Å²) in [4.78, 5) is 42.6. The summed E-state index contributed by atoms with van der Waals surface area (Å²) >= 11 is 1.18. The predicted molar refractivity (Wildman–Crippen MR) is 148 cm³/mol. The Morgan fingerprint density at radius 1 is 1.27 bits per heavy atom. The molecule has 0 radical (unpaired) electrons. The Bertz CT molecular complexity index is 1680. The molecule has 1 amide bonds. The first-order chi connectivity index (χ1) is 19.3. The van der Waals surface area contributed by atoms with Crippen LogP contribution >= 0.6 is 11.3 Å². The Kier molecular flexibility index (Phi) is 7.94. The van der Waals surface area contributed by atoms with Crippen LogP contribution in [0, 0.1) is 12.7 Å². The van der Waals surface area contributed by atoms with E-state index < -0.39 is 29.2 Å². The lowest BCUT2D eigenvalue weighted by molar-refractivity contribution is -0.126. The minimum atomic E-state index is -0.959. The molecule has 1 saturated heterocycles. The number of benzene rings is 1. The number of fused-ring (bicyclic) bond motifs is 1. The number of aromatic nitrogens is 5. The number of aryl methyl sites for hydroxylation is 1. The van der Waals surface area contributed by atoms with Crippen molar-refractivity contribution in [2.45, 2.75) is 44.9 Å².